The molecule has 0 unspecified atom stereocenters. The first kappa shape index (κ1) is 19.3. The van der Waals surface area contributed by atoms with Gasteiger partial charge in [-0.05, 0) is 29.8 Å². The van der Waals surface area contributed by atoms with Gasteiger partial charge in [-0.15, -0.1) is 0 Å². The number of hydrogen-bond donors (Lipinski definition) is 3. The molecule has 156 valence electrons. The summed E-state index contributed by atoms with van der Waals surface area (Å²) in [7, 11) is 1.71. The second kappa shape index (κ2) is 7.88. The molecule has 0 fully saturated rings. The Morgan fingerprint density at radius 1 is 1.09 bits per heavy atom. The molecule has 4 N–H and O–H groups in total. The minimum Gasteiger partial charge on any atom is -0.397 e. The Bertz CT molecular complexity index is 1560. The Morgan fingerprint density at radius 3 is 2.69 bits per heavy atom. The van der Waals surface area contributed by atoms with Crippen LogP contribution in [0, 0.1) is 0 Å². The van der Waals surface area contributed by atoms with Crippen LogP contribution in [0.15, 0.2) is 60.4 Å². The smallest absolute Gasteiger partial charge is 0.159 e. The summed E-state index contributed by atoms with van der Waals surface area (Å²) in [6.45, 7) is 4.08. The molecule has 5 aromatic rings. The van der Waals surface area contributed by atoms with Crippen molar-refractivity contribution in [2.24, 2.45) is 4.99 Å². The van der Waals surface area contributed by atoms with E-state index in [9.17, 15) is 0 Å². The van der Waals surface area contributed by atoms with Crippen LogP contribution in [0.25, 0.3) is 46.3 Å². The lowest BCUT2D eigenvalue weighted by molar-refractivity contribution is 1.06. The van der Waals surface area contributed by atoms with Crippen molar-refractivity contribution in [2.75, 3.05) is 12.8 Å². The van der Waals surface area contributed by atoms with Gasteiger partial charge in [0.05, 0.1) is 34.0 Å². The molecule has 0 aliphatic rings. The number of nitrogens with one attached hydrogen (secondary N) is 2. The number of aliphatic imine (C=N–C) groups is 1. The predicted octanol–water partition coefficient (Wildman–Crippen LogP) is 1.70. The van der Waals surface area contributed by atoms with Gasteiger partial charge in [0, 0.05) is 54.4 Å². The molecule has 0 atom stereocenters. The van der Waals surface area contributed by atoms with Crippen molar-refractivity contribution >= 4 is 35.1 Å². The Morgan fingerprint density at radius 2 is 1.91 bits per heavy atom. The molecular formula is C23H19N9. The van der Waals surface area contributed by atoms with Crippen molar-refractivity contribution in [2.45, 2.75) is 0 Å². The zero-order valence-corrected chi connectivity index (χ0v) is 17.2. The number of imidazole rings is 1. The molecule has 5 aromatic heterocycles. The van der Waals surface area contributed by atoms with Crippen LogP contribution in [-0.4, -0.2) is 47.9 Å². The summed E-state index contributed by atoms with van der Waals surface area (Å²) in [5.41, 5.74) is 12.1. The number of nitrogens with two attached hydrogens (primary N) is 1. The summed E-state index contributed by atoms with van der Waals surface area (Å²) in [5, 5.41) is 8.80. The predicted molar refractivity (Wildman–Crippen MR) is 125 cm³/mol. The third kappa shape index (κ3) is 3.41. The van der Waals surface area contributed by atoms with Crippen molar-refractivity contribution in [1.82, 2.24) is 35.1 Å². The van der Waals surface area contributed by atoms with E-state index >= 15 is 0 Å². The number of H-pyrrole nitrogens is 2. The van der Waals surface area contributed by atoms with Crippen molar-refractivity contribution in [1.29, 1.82) is 0 Å². The zero-order valence-electron chi connectivity index (χ0n) is 17.2. The maximum atomic E-state index is 5.89. The topological polar surface area (TPSA) is 134 Å². The highest BCUT2D eigenvalue weighted by Gasteiger charge is 2.14. The normalized spacial score (nSPS) is 12.5. The minimum absolute atomic E-state index is 0.563. The molecular weight excluding hydrogens is 402 g/mol. The highest BCUT2D eigenvalue weighted by Crippen LogP contribution is 2.27. The maximum Gasteiger partial charge on any atom is 0.159 e. The van der Waals surface area contributed by atoms with Crippen LogP contribution in [0.5, 0.6) is 0 Å². The second-order valence-corrected chi connectivity index (χ2v) is 7.13. The average Bonchev–Trinajstić information content (AvgIpc) is 3.41. The number of anilines is 1. The Hall–Kier alpha value is -4.66. The number of hydrogen-bond acceptors (Lipinski definition) is 7. The molecule has 0 radical (unpaired) electrons. The SMILES string of the molecule is C=c1[nH]nc(-c2nc3c(-c4ccncc4)cncc3[nH]2)/c1=C/C(=NC)c1cncc(N)c1. The van der Waals surface area contributed by atoms with E-state index in [1.54, 1.807) is 44.2 Å². The Labute approximate surface area is 182 Å². The third-order valence-corrected chi connectivity index (χ3v) is 5.07. The van der Waals surface area contributed by atoms with Gasteiger partial charge in [-0.2, -0.15) is 5.10 Å². The maximum absolute atomic E-state index is 5.89. The lowest BCUT2D eigenvalue weighted by Crippen LogP contribution is -2.24. The van der Waals surface area contributed by atoms with E-state index in [-0.39, 0.29) is 0 Å². The average molecular weight is 421 g/mol. The summed E-state index contributed by atoms with van der Waals surface area (Å²) < 4.78 is 0. The monoisotopic (exact) mass is 421 g/mol. The van der Waals surface area contributed by atoms with Gasteiger partial charge >= 0.3 is 0 Å². The van der Waals surface area contributed by atoms with Gasteiger partial charge in [-0.25, -0.2) is 4.98 Å². The summed E-state index contributed by atoms with van der Waals surface area (Å²) in [5.74, 6) is 0.599. The lowest BCUT2D eigenvalue weighted by atomic mass is 10.1. The van der Waals surface area contributed by atoms with Gasteiger partial charge in [-0.3, -0.25) is 25.0 Å². The first-order valence-corrected chi connectivity index (χ1v) is 9.81. The summed E-state index contributed by atoms with van der Waals surface area (Å²) >= 11 is 0. The number of rotatable bonds is 4. The molecule has 0 aromatic carbocycles. The van der Waals surface area contributed by atoms with Gasteiger partial charge in [0.15, 0.2) is 5.82 Å². The zero-order chi connectivity index (χ0) is 22.1. The van der Waals surface area contributed by atoms with Gasteiger partial charge in [0.1, 0.15) is 5.69 Å². The van der Waals surface area contributed by atoms with Crippen LogP contribution in [0.2, 0.25) is 0 Å². The van der Waals surface area contributed by atoms with Crippen molar-refractivity contribution < 1.29 is 0 Å². The fraction of sp³-hybridized carbons (Fsp3) is 0.0435. The van der Waals surface area contributed by atoms with Crippen molar-refractivity contribution in [3.63, 3.8) is 0 Å². The van der Waals surface area contributed by atoms with Crippen LogP contribution in [0.3, 0.4) is 0 Å². The number of aromatic amines is 2. The van der Waals surface area contributed by atoms with Crippen molar-refractivity contribution in [3.05, 3.63) is 71.5 Å². The summed E-state index contributed by atoms with van der Waals surface area (Å²) in [6.07, 6.45) is 12.2. The van der Waals surface area contributed by atoms with E-state index in [4.69, 9.17) is 10.7 Å². The van der Waals surface area contributed by atoms with E-state index in [0.717, 1.165) is 32.9 Å². The van der Waals surface area contributed by atoms with Crippen LogP contribution in [0.1, 0.15) is 5.56 Å². The molecule has 32 heavy (non-hydrogen) atoms. The van der Waals surface area contributed by atoms with Crippen LogP contribution in [-0.2, 0) is 0 Å². The highest BCUT2D eigenvalue weighted by molar-refractivity contribution is 6.21. The molecule has 0 aliphatic heterocycles. The first-order chi connectivity index (χ1) is 15.6. The van der Waals surface area contributed by atoms with Gasteiger partial charge < -0.3 is 10.7 Å². The van der Waals surface area contributed by atoms with E-state index in [1.807, 2.05) is 24.3 Å². The Kier molecular flexibility index (Phi) is 4.75. The highest BCUT2D eigenvalue weighted by atomic mass is 15.1. The molecule has 0 spiro atoms. The number of pyridine rings is 3. The quantitative estimate of drug-likeness (QED) is 0.378. The minimum atomic E-state index is 0.563. The third-order valence-electron chi connectivity index (χ3n) is 5.07. The Balaban J connectivity index is 1.66. The van der Waals surface area contributed by atoms with E-state index in [0.29, 0.717) is 28.3 Å². The van der Waals surface area contributed by atoms with Crippen LogP contribution in [0.4, 0.5) is 5.69 Å². The van der Waals surface area contributed by atoms with Gasteiger partial charge in [0.25, 0.3) is 0 Å². The number of nitrogen functional groups attached to an aromatic ring is 1. The molecule has 0 amide bonds. The first-order valence-electron chi connectivity index (χ1n) is 9.81. The van der Waals surface area contributed by atoms with E-state index in [1.165, 1.54) is 0 Å². The number of fused-ring (bicyclic) bond motifs is 1. The van der Waals surface area contributed by atoms with E-state index in [2.05, 4.69) is 41.7 Å². The fourth-order valence-electron chi connectivity index (χ4n) is 3.52. The molecule has 9 heteroatoms. The standard InChI is InChI=1S/C23H19N9/c1-13-17(8-19(25-2)15-7-16(24)10-27-9-15)22(32-31-13)23-29-20-12-28-11-18(21(20)30-23)14-3-5-26-6-4-14/h3-12,31H,1,24H2,2H3,(H,29,30)/b17-8+,25-19?. The molecule has 5 heterocycles. The molecule has 5 rings (SSSR count). The van der Waals surface area contributed by atoms with E-state index < -0.39 is 0 Å². The second-order valence-electron chi connectivity index (χ2n) is 7.13. The number of nitrogens with zero attached hydrogens (tertiary/aromatic N) is 6. The van der Waals surface area contributed by atoms with Crippen molar-refractivity contribution in [3.8, 4) is 22.6 Å². The van der Waals surface area contributed by atoms with Crippen LogP contribution < -0.4 is 16.3 Å². The molecule has 0 saturated carbocycles. The summed E-state index contributed by atoms with van der Waals surface area (Å²) in [6, 6.07) is 5.68. The molecule has 0 saturated heterocycles. The fourth-order valence-corrected chi connectivity index (χ4v) is 3.52. The molecule has 9 nitrogen and oxygen atoms in total. The molecule has 0 bridgehead atoms. The van der Waals surface area contributed by atoms with Gasteiger partial charge in [-0.1, -0.05) is 6.58 Å². The van der Waals surface area contributed by atoms with Gasteiger partial charge in [0.2, 0.25) is 0 Å². The van der Waals surface area contributed by atoms with Crippen LogP contribution >= 0.6 is 0 Å². The summed E-state index contributed by atoms with van der Waals surface area (Å²) in [4.78, 5) is 25.2. The molecule has 0 aliphatic carbocycles. The largest absolute Gasteiger partial charge is 0.397 e. The number of aromatic nitrogens is 7. The lowest BCUT2D eigenvalue weighted by Gasteiger charge is -2.01.